The molecule has 1 aromatic carbocycles. The van der Waals surface area contributed by atoms with Crippen LogP contribution in [-0.2, 0) is 9.53 Å². The number of rotatable bonds is 3. The summed E-state index contributed by atoms with van der Waals surface area (Å²) in [6.45, 7) is -0.180. The summed E-state index contributed by atoms with van der Waals surface area (Å²) in [7, 11) is 0. The highest BCUT2D eigenvalue weighted by molar-refractivity contribution is 6.40. The maximum atomic E-state index is 11.4. The standard InChI is InChI=1S/C11H7ClO3/c12-7-4-8-15-11(14)10(13)9-5-2-1-3-6-9/h1-3,5-6H,8H2. The number of hydrogen-bond donors (Lipinski definition) is 0. The fourth-order valence-corrected chi connectivity index (χ4v) is 0.956. The first-order valence-corrected chi connectivity index (χ1v) is 4.48. The predicted molar refractivity (Wildman–Crippen MR) is 55.4 cm³/mol. The number of halogens is 1. The molecular formula is C11H7ClO3. The zero-order valence-corrected chi connectivity index (χ0v) is 8.45. The second-order valence-corrected chi connectivity index (χ2v) is 2.73. The molecule has 1 rings (SSSR count). The molecule has 1 aromatic rings. The first-order valence-electron chi connectivity index (χ1n) is 4.10. The monoisotopic (exact) mass is 222 g/mol. The van der Waals surface area contributed by atoms with Crippen LogP contribution in [0.5, 0.6) is 0 Å². The van der Waals surface area contributed by atoms with E-state index in [0.717, 1.165) is 0 Å². The van der Waals surface area contributed by atoms with Crippen molar-refractivity contribution >= 4 is 23.4 Å². The molecule has 0 amide bonds. The molecule has 0 saturated heterocycles. The minimum absolute atomic E-state index is 0.180. The summed E-state index contributed by atoms with van der Waals surface area (Å²) in [5.41, 5.74) is 0.293. The van der Waals surface area contributed by atoms with Crippen molar-refractivity contribution in [3.63, 3.8) is 0 Å². The average molecular weight is 223 g/mol. The van der Waals surface area contributed by atoms with Gasteiger partial charge in [0.2, 0.25) is 0 Å². The van der Waals surface area contributed by atoms with Gasteiger partial charge in [-0.1, -0.05) is 30.3 Å². The Morgan fingerprint density at radius 1 is 1.27 bits per heavy atom. The molecule has 0 bridgehead atoms. The van der Waals surface area contributed by atoms with E-state index in [1.165, 1.54) is 12.1 Å². The topological polar surface area (TPSA) is 43.4 Å². The van der Waals surface area contributed by atoms with Crippen LogP contribution in [0, 0.1) is 11.3 Å². The highest BCUT2D eigenvalue weighted by atomic mass is 35.5. The number of ketones is 1. The molecule has 0 aliphatic rings. The lowest BCUT2D eigenvalue weighted by atomic mass is 10.1. The van der Waals surface area contributed by atoms with Crippen LogP contribution in [-0.4, -0.2) is 18.4 Å². The maximum Gasteiger partial charge on any atom is 0.380 e. The SMILES string of the molecule is O=C(OCC#CCl)C(=O)c1ccccc1. The van der Waals surface area contributed by atoms with Gasteiger partial charge in [0.1, 0.15) is 0 Å². The molecule has 0 aliphatic heterocycles. The van der Waals surface area contributed by atoms with Crippen LogP contribution in [0.3, 0.4) is 0 Å². The first-order chi connectivity index (χ1) is 7.25. The largest absolute Gasteiger partial charge is 0.446 e. The second-order valence-electron chi connectivity index (χ2n) is 2.54. The number of esters is 1. The van der Waals surface area contributed by atoms with Crippen LogP contribution in [0.1, 0.15) is 10.4 Å². The van der Waals surface area contributed by atoms with Crippen LogP contribution in [0.25, 0.3) is 0 Å². The van der Waals surface area contributed by atoms with E-state index in [2.05, 4.69) is 10.7 Å². The highest BCUT2D eigenvalue weighted by Gasteiger charge is 2.16. The number of benzene rings is 1. The molecule has 0 unspecified atom stereocenters. The number of carbonyl (C=O) groups excluding carboxylic acids is 2. The van der Waals surface area contributed by atoms with Crippen LogP contribution in [0.4, 0.5) is 0 Å². The van der Waals surface area contributed by atoms with Crippen molar-refractivity contribution in [1.82, 2.24) is 0 Å². The van der Waals surface area contributed by atoms with Crippen molar-refractivity contribution < 1.29 is 14.3 Å². The molecule has 0 aromatic heterocycles. The van der Waals surface area contributed by atoms with Crippen LogP contribution >= 0.6 is 11.6 Å². The number of hydrogen-bond acceptors (Lipinski definition) is 3. The highest BCUT2D eigenvalue weighted by Crippen LogP contribution is 2.01. The molecule has 3 nitrogen and oxygen atoms in total. The lowest BCUT2D eigenvalue weighted by molar-refractivity contribution is -0.136. The summed E-state index contributed by atoms with van der Waals surface area (Å²) in [5, 5.41) is 2.04. The van der Waals surface area contributed by atoms with Crippen molar-refractivity contribution in [2.24, 2.45) is 0 Å². The van der Waals surface area contributed by atoms with Crippen molar-refractivity contribution in [1.29, 1.82) is 0 Å². The molecule has 15 heavy (non-hydrogen) atoms. The normalized spacial score (nSPS) is 8.60. The number of Topliss-reactive ketones (excluding diaryl/α,β-unsaturated/α-hetero) is 1. The Morgan fingerprint density at radius 3 is 2.53 bits per heavy atom. The van der Waals surface area contributed by atoms with E-state index in [0.29, 0.717) is 5.56 Å². The first kappa shape index (κ1) is 11.3. The van der Waals surface area contributed by atoms with Gasteiger partial charge in [0.15, 0.2) is 6.61 Å². The summed E-state index contributed by atoms with van der Waals surface area (Å²) < 4.78 is 4.55. The number of carbonyl (C=O) groups is 2. The van der Waals surface area contributed by atoms with Gasteiger partial charge in [-0.2, -0.15) is 0 Å². The van der Waals surface area contributed by atoms with Gasteiger partial charge in [0.05, 0.1) is 0 Å². The summed E-state index contributed by atoms with van der Waals surface area (Å²) >= 11 is 5.04. The van der Waals surface area contributed by atoms with Crippen molar-refractivity contribution in [2.45, 2.75) is 0 Å². The third kappa shape index (κ3) is 3.45. The Labute approximate surface area is 92.0 Å². The summed E-state index contributed by atoms with van der Waals surface area (Å²) in [5.74, 6) is 0.688. The van der Waals surface area contributed by atoms with E-state index in [1.807, 2.05) is 5.38 Å². The molecule has 0 spiro atoms. The van der Waals surface area contributed by atoms with Gasteiger partial charge in [0.25, 0.3) is 5.78 Å². The third-order valence-corrected chi connectivity index (χ3v) is 1.70. The summed E-state index contributed by atoms with van der Waals surface area (Å²) in [4.78, 5) is 22.5. The molecule has 0 N–H and O–H groups in total. The van der Waals surface area contributed by atoms with Gasteiger partial charge in [-0.25, -0.2) is 4.79 Å². The van der Waals surface area contributed by atoms with E-state index in [4.69, 9.17) is 11.6 Å². The zero-order chi connectivity index (χ0) is 11.1. The molecule has 0 saturated carbocycles. The quantitative estimate of drug-likeness (QED) is 0.338. The van der Waals surface area contributed by atoms with Crippen molar-refractivity contribution in [2.75, 3.05) is 6.61 Å². The van der Waals surface area contributed by atoms with E-state index in [9.17, 15) is 9.59 Å². The van der Waals surface area contributed by atoms with E-state index >= 15 is 0 Å². The van der Waals surface area contributed by atoms with E-state index in [-0.39, 0.29) is 6.61 Å². The van der Waals surface area contributed by atoms with Crippen LogP contribution in [0.2, 0.25) is 0 Å². The smallest absolute Gasteiger partial charge is 0.380 e. The summed E-state index contributed by atoms with van der Waals surface area (Å²) in [6, 6.07) is 8.16. The molecule has 76 valence electrons. The molecular weight excluding hydrogens is 216 g/mol. The third-order valence-electron chi connectivity index (χ3n) is 1.56. The molecule has 0 radical (unpaired) electrons. The van der Waals surface area contributed by atoms with Crippen LogP contribution < -0.4 is 0 Å². The van der Waals surface area contributed by atoms with Gasteiger partial charge in [0, 0.05) is 10.9 Å². The average Bonchev–Trinajstić information content (AvgIpc) is 2.29. The van der Waals surface area contributed by atoms with Gasteiger partial charge in [-0.3, -0.25) is 4.79 Å². The molecule has 0 atom stereocenters. The molecule has 4 heteroatoms. The number of ether oxygens (including phenoxy) is 1. The van der Waals surface area contributed by atoms with E-state index in [1.54, 1.807) is 18.2 Å². The fourth-order valence-electron chi connectivity index (χ4n) is 0.902. The lowest BCUT2D eigenvalue weighted by Gasteiger charge is -1.99. The fraction of sp³-hybridized carbons (Fsp3) is 0.0909. The Bertz CT molecular complexity index is 414. The minimum Gasteiger partial charge on any atom is -0.446 e. The maximum absolute atomic E-state index is 11.4. The molecule has 0 fully saturated rings. The van der Waals surface area contributed by atoms with Gasteiger partial charge in [-0.05, 0) is 17.5 Å². The Hall–Kier alpha value is -1.79. The minimum atomic E-state index is -0.930. The summed E-state index contributed by atoms with van der Waals surface area (Å²) in [6.07, 6.45) is 0. The van der Waals surface area contributed by atoms with Crippen molar-refractivity contribution in [3.8, 4) is 11.3 Å². The lowest BCUT2D eigenvalue weighted by Crippen LogP contribution is -2.17. The predicted octanol–water partition coefficient (Wildman–Crippen LogP) is 1.61. The zero-order valence-electron chi connectivity index (χ0n) is 7.70. The van der Waals surface area contributed by atoms with Crippen LogP contribution in [0.15, 0.2) is 30.3 Å². The molecule has 0 heterocycles. The Morgan fingerprint density at radius 2 is 1.93 bits per heavy atom. The van der Waals surface area contributed by atoms with E-state index < -0.39 is 11.8 Å². The van der Waals surface area contributed by atoms with Gasteiger partial charge >= 0.3 is 5.97 Å². The molecule has 0 aliphatic carbocycles. The Kier molecular flexibility index (Phi) is 4.39. The van der Waals surface area contributed by atoms with Crippen molar-refractivity contribution in [3.05, 3.63) is 35.9 Å². The van der Waals surface area contributed by atoms with Gasteiger partial charge in [-0.15, -0.1) is 0 Å². The van der Waals surface area contributed by atoms with Gasteiger partial charge < -0.3 is 4.74 Å². The Balaban J connectivity index is 2.60. The second kappa shape index (κ2) is 5.84.